The van der Waals surface area contributed by atoms with Crippen LogP contribution in [0.3, 0.4) is 0 Å². The molecule has 0 amide bonds. The summed E-state index contributed by atoms with van der Waals surface area (Å²) in [6.45, 7) is 8.06. The number of ether oxygens (including phenoxy) is 2. The molecule has 1 N–H and O–H groups in total. The van der Waals surface area contributed by atoms with Crippen molar-refractivity contribution < 1.29 is 14.6 Å². The van der Waals surface area contributed by atoms with Crippen LogP contribution in [0, 0.1) is 6.92 Å². The van der Waals surface area contributed by atoms with Gasteiger partial charge < -0.3 is 14.6 Å². The fourth-order valence-electron chi connectivity index (χ4n) is 3.56. The summed E-state index contributed by atoms with van der Waals surface area (Å²) < 4.78 is 13.5. The molecular weight excluding hydrogens is 438 g/mol. The Morgan fingerprint density at radius 1 is 1.18 bits per heavy atom. The maximum absolute atomic E-state index is 10.5. The zero-order valence-electron chi connectivity index (χ0n) is 19.3. The predicted molar refractivity (Wildman–Crippen MR) is 132 cm³/mol. The van der Waals surface area contributed by atoms with Gasteiger partial charge in [0.15, 0.2) is 0 Å². The van der Waals surface area contributed by atoms with E-state index in [-0.39, 0.29) is 0 Å². The first-order valence-electron chi connectivity index (χ1n) is 11.1. The minimum Gasteiger partial charge on any atom is -0.439 e. The number of aromatic nitrogens is 2. The largest absolute Gasteiger partial charge is 0.439 e. The molecule has 0 spiro atoms. The summed E-state index contributed by atoms with van der Waals surface area (Å²) in [7, 11) is 1.68. The van der Waals surface area contributed by atoms with E-state index in [9.17, 15) is 5.11 Å². The van der Waals surface area contributed by atoms with Crippen LogP contribution in [0.25, 0.3) is 5.69 Å². The number of para-hydroxylation sites is 1. The summed E-state index contributed by atoms with van der Waals surface area (Å²) >= 11 is 6.06. The summed E-state index contributed by atoms with van der Waals surface area (Å²) in [6.07, 6.45) is 2.82. The monoisotopic (exact) mass is 469 g/mol. The highest BCUT2D eigenvalue weighted by Crippen LogP contribution is 2.32. The predicted octanol–water partition coefficient (Wildman–Crippen LogP) is 5.40. The minimum absolute atomic E-state index is 0.454. The van der Waals surface area contributed by atoms with Gasteiger partial charge >= 0.3 is 0 Å². The molecule has 176 valence electrons. The lowest BCUT2D eigenvalue weighted by molar-refractivity contribution is 0.0804. The van der Waals surface area contributed by atoms with E-state index in [1.54, 1.807) is 19.2 Å². The number of aliphatic hydroxyl groups excluding tert-OH is 1. The van der Waals surface area contributed by atoms with Crippen LogP contribution < -0.4 is 4.74 Å². The van der Waals surface area contributed by atoms with E-state index in [4.69, 9.17) is 26.2 Å². The van der Waals surface area contributed by atoms with E-state index < -0.39 is 6.10 Å². The van der Waals surface area contributed by atoms with Crippen LogP contribution in [-0.4, -0.2) is 52.7 Å². The fourth-order valence-corrected chi connectivity index (χ4v) is 3.69. The number of aryl methyl sites for hydroxylation is 1. The average molecular weight is 470 g/mol. The molecule has 0 saturated carbocycles. The second-order valence-corrected chi connectivity index (χ2v) is 8.36. The first-order valence-corrected chi connectivity index (χ1v) is 11.5. The molecule has 2 aromatic carbocycles. The third kappa shape index (κ3) is 7.17. The quantitative estimate of drug-likeness (QED) is 0.339. The van der Waals surface area contributed by atoms with Crippen molar-refractivity contribution in [1.82, 2.24) is 14.7 Å². The van der Waals surface area contributed by atoms with Gasteiger partial charge in [0, 0.05) is 31.8 Å². The van der Waals surface area contributed by atoms with Crippen molar-refractivity contribution in [2.75, 3.05) is 26.8 Å². The molecule has 1 aromatic heterocycles. The normalized spacial score (nSPS) is 12.2. The van der Waals surface area contributed by atoms with Gasteiger partial charge in [-0.2, -0.15) is 5.10 Å². The summed E-state index contributed by atoms with van der Waals surface area (Å²) in [5, 5.41) is 16.0. The molecule has 33 heavy (non-hydrogen) atoms. The molecule has 7 heteroatoms. The number of nitrogens with zero attached hydrogens (tertiary/aromatic N) is 3. The highest BCUT2D eigenvalue weighted by atomic mass is 35.5. The maximum Gasteiger partial charge on any atom is 0.227 e. The number of aliphatic hydroxyl groups is 1. The third-order valence-electron chi connectivity index (χ3n) is 5.33. The second kappa shape index (κ2) is 12.6. The lowest BCUT2D eigenvalue weighted by Crippen LogP contribution is -2.34. The Kier molecular flexibility index (Phi) is 9.51. The van der Waals surface area contributed by atoms with Gasteiger partial charge in [0.05, 0.1) is 29.7 Å². The van der Waals surface area contributed by atoms with Gasteiger partial charge in [-0.15, -0.1) is 6.58 Å². The van der Waals surface area contributed by atoms with Gasteiger partial charge in [-0.3, -0.25) is 4.90 Å². The summed E-state index contributed by atoms with van der Waals surface area (Å²) in [6, 6.07) is 17.2. The van der Waals surface area contributed by atoms with E-state index in [0.29, 0.717) is 49.3 Å². The van der Waals surface area contributed by atoms with E-state index in [1.807, 2.05) is 60.1 Å². The smallest absolute Gasteiger partial charge is 0.227 e. The molecule has 3 aromatic rings. The molecule has 0 bridgehead atoms. The molecule has 1 heterocycles. The number of rotatable bonds is 13. The highest BCUT2D eigenvalue weighted by molar-refractivity contribution is 6.30. The van der Waals surface area contributed by atoms with Crippen molar-refractivity contribution in [2.45, 2.75) is 32.4 Å². The molecule has 1 atom stereocenters. The standard InChI is InChI=1S/C26H32ClN3O3/c1-4-5-11-23(31)18-29(16-17-32-3)19-25-20(2)28-30(22-9-7-6-8-10-22)26(25)33-24-14-12-21(27)13-15-24/h4,6-10,12-15,23,31H,1,5,11,16-19H2,2-3H3. The molecular formula is C26H32ClN3O3. The lowest BCUT2D eigenvalue weighted by Gasteiger charge is -2.25. The number of hydrogen-bond donors (Lipinski definition) is 1. The summed E-state index contributed by atoms with van der Waals surface area (Å²) in [5.74, 6) is 1.32. The molecule has 0 saturated heterocycles. The molecule has 1 unspecified atom stereocenters. The maximum atomic E-state index is 10.5. The van der Waals surface area contributed by atoms with Gasteiger partial charge in [-0.25, -0.2) is 4.68 Å². The van der Waals surface area contributed by atoms with Gasteiger partial charge in [0.25, 0.3) is 0 Å². The molecule has 0 radical (unpaired) electrons. The van der Waals surface area contributed by atoms with Crippen molar-refractivity contribution in [1.29, 1.82) is 0 Å². The first kappa shape index (κ1) is 25.0. The Bertz CT molecular complexity index is 1010. The number of benzene rings is 2. The first-order chi connectivity index (χ1) is 16.0. The van der Waals surface area contributed by atoms with Gasteiger partial charge in [-0.05, 0) is 56.2 Å². The van der Waals surface area contributed by atoms with Crippen LogP contribution in [-0.2, 0) is 11.3 Å². The fraction of sp³-hybridized carbons (Fsp3) is 0.346. The van der Waals surface area contributed by atoms with Gasteiger partial charge in [-0.1, -0.05) is 35.9 Å². The molecule has 0 aliphatic carbocycles. The molecule has 0 fully saturated rings. The molecule has 0 aliphatic heterocycles. The lowest BCUT2D eigenvalue weighted by atomic mass is 10.1. The van der Waals surface area contributed by atoms with Crippen LogP contribution in [0.5, 0.6) is 11.6 Å². The van der Waals surface area contributed by atoms with Gasteiger partial charge in [0.1, 0.15) is 5.75 Å². The molecule has 6 nitrogen and oxygen atoms in total. The topological polar surface area (TPSA) is 59.8 Å². The van der Waals surface area contributed by atoms with E-state index in [1.165, 1.54) is 0 Å². The SMILES string of the molecule is C=CCCC(O)CN(CCOC)Cc1c(C)nn(-c2ccccc2)c1Oc1ccc(Cl)cc1. The Hall–Kier alpha value is -2.64. The van der Waals surface area contributed by atoms with Crippen LogP contribution in [0.15, 0.2) is 67.3 Å². The number of halogens is 1. The van der Waals surface area contributed by atoms with Crippen molar-refractivity contribution in [3.8, 4) is 17.3 Å². The summed E-state index contributed by atoms with van der Waals surface area (Å²) in [4.78, 5) is 2.17. The van der Waals surface area contributed by atoms with Crippen LogP contribution >= 0.6 is 11.6 Å². The van der Waals surface area contributed by atoms with Crippen LogP contribution in [0.1, 0.15) is 24.1 Å². The highest BCUT2D eigenvalue weighted by Gasteiger charge is 2.22. The zero-order chi connectivity index (χ0) is 23.6. The Morgan fingerprint density at radius 2 is 1.91 bits per heavy atom. The Balaban J connectivity index is 1.94. The molecule has 0 aliphatic rings. The zero-order valence-corrected chi connectivity index (χ0v) is 20.0. The van der Waals surface area contributed by atoms with Crippen molar-refractivity contribution in [3.05, 3.63) is 83.5 Å². The van der Waals surface area contributed by atoms with Crippen LogP contribution in [0.4, 0.5) is 0 Å². The number of allylic oxidation sites excluding steroid dienone is 1. The average Bonchev–Trinajstić information content (AvgIpc) is 3.13. The summed E-state index contributed by atoms with van der Waals surface area (Å²) in [5.41, 5.74) is 2.73. The van der Waals surface area contributed by atoms with Crippen LogP contribution in [0.2, 0.25) is 5.02 Å². The third-order valence-corrected chi connectivity index (χ3v) is 5.58. The van der Waals surface area contributed by atoms with E-state index in [2.05, 4.69) is 11.5 Å². The second-order valence-electron chi connectivity index (χ2n) is 7.92. The van der Waals surface area contributed by atoms with Crippen molar-refractivity contribution >= 4 is 11.6 Å². The Morgan fingerprint density at radius 3 is 2.58 bits per heavy atom. The number of hydrogen-bond acceptors (Lipinski definition) is 5. The van der Waals surface area contributed by atoms with E-state index >= 15 is 0 Å². The van der Waals surface area contributed by atoms with E-state index in [0.717, 1.165) is 23.4 Å². The molecule has 3 rings (SSSR count). The van der Waals surface area contributed by atoms with Gasteiger partial charge in [0.2, 0.25) is 5.88 Å². The number of methoxy groups -OCH3 is 1. The van der Waals surface area contributed by atoms with Crippen molar-refractivity contribution in [3.63, 3.8) is 0 Å². The van der Waals surface area contributed by atoms with Crippen molar-refractivity contribution in [2.24, 2.45) is 0 Å². The Labute approximate surface area is 201 Å². The minimum atomic E-state index is -0.454.